The van der Waals surface area contributed by atoms with Crippen molar-refractivity contribution in [1.29, 1.82) is 0 Å². The lowest BCUT2D eigenvalue weighted by Crippen LogP contribution is -1.99. The van der Waals surface area contributed by atoms with E-state index in [9.17, 15) is 0 Å². The predicted molar refractivity (Wildman–Crippen MR) is 59.7 cm³/mol. The number of halogens is 2. The lowest BCUT2D eigenvalue weighted by atomic mass is 10.3. The molecule has 0 aliphatic carbocycles. The van der Waals surface area contributed by atoms with Gasteiger partial charge < -0.3 is 10.8 Å². The molecule has 15 heavy (non-hydrogen) atoms. The summed E-state index contributed by atoms with van der Waals surface area (Å²) in [6, 6.07) is 5.02. The highest BCUT2D eigenvalue weighted by Crippen LogP contribution is 2.26. The van der Waals surface area contributed by atoms with Crippen molar-refractivity contribution in [1.82, 2.24) is 9.55 Å². The molecule has 3 N–H and O–H groups in total. The molecule has 78 valence electrons. The molecule has 2 aromatic rings. The Morgan fingerprint density at radius 1 is 1.27 bits per heavy atom. The molecule has 0 saturated heterocycles. The van der Waals surface area contributed by atoms with Gasteiger partial charge in [0.05, 0.1) is 21.9 Å². The summed E-state index contributed by atoms with van der Waals surface area (Å²) in [4.78, 5) is 3.66. The maximum atomic E-state index is 9.15. The molecular formula is C9H7Cl2N3O. The van der Waals surface area contributed by atoms with Gasteiger partial charge >= 0.3 is 0 Å². The third-order valence-corrected chi connectivity index (χ3v) is 2.64. The second-order valence-electron chi connectivity index (χ2n) is 2.93. The van der Waals surface area contributed by atoms with Crippen molar-refractivity contribution < 1.29 is 5.11 Å². The van der Waals surface area contributed by atoms with E-state index in [-0.39, 0.29) is 11.8 Å². The highest BCUT2D eigenvalue weighted by Gasteiger charge is 2.07. The van der Waals surface area contributed by atoms with E-state index in [1.165, 1.54) is 10.8 Å². The molecule has 0 unspecified atom stereocenters. The molecule has 0 atom stereocenters. The van der Waals surface area contributed by atoms with E-state index in [0.29, 0.717) is 15.7 Å². The quantitative estimate of drug-likeness (QED) is 0.809. The summed E-state index contributed by atoms with van der Waals surface area (Å²) in [5.74, 6) is 0.0458. The highest BCUT2D eigenvalue weighted by molar-refractivity contribution is 6.42. The van der Waals surface area contributed by atoms with Crippen LogP contribution in [0, 0.1) is 0 Å². The molecule has 1 aromatic heterocycles. The molecule has 6 heteroatoms. The number of hydrogen-bond acceptors (Lipinski definition) is 3. The monoisotopic (exact) mass is 243 g/mol. The summed E-state index contributed by atoms with van der Waals surface area (Å²) < 4.78 is 1.51. The SMILES string of the molecule is Nc1nc(O)cn1-c1ccc(Cl)c(Cl)c1. The Kier molecular flexibility index (Phi) is 2.46. The van der Waals surface area contributed by atoms with Gasteiger partial charge in [0.1, 0.15) is 0 Å². The van der Waals surface area contributed by atoms with Crippen molar-refractivity contribution in [3.8, 4) is 11.6 Å². The van der Waals surface area contributed by atoms with Crippen LogP contribution < -0.4 is 5.73 Å². The number of hydrogen-bond donors (Lipinski definition) is 2. The third-order valence-electron chi connectivity index (χ3n) is 1.90. The van der Waals surface area contributed by atoms with Crippen LogP contribution in [0.4, 0.5) is 5.95 Å². The third kappa shape index (κ3) is 1.86. The maximum Gasteiger partial charge on any atom is 0.231 e. The standard InChI is InChI=1S/C9H7Cl2N3O/c10-6-2-1-5(3-7(6)11)14-4-8(15)13-9(14)12/h1-4,15H,(H2,12,13). The number of nitrogen functional groups attached to an aromatic ring is 1. The Morgan fingerprint density at radius 3 is 2.53 bits per heavy atom. The maximum absolute atomic E-state index is 9.15. The largest absolute Gasteiger partial charge is 0.492 e. The van der Waals surface area contributed by atoms with Crippen LogP contribution >= 0.6 is 23.2 Å². The zero-order valence-electron chi connectivity index (χ0n) is 7.48. The van der Waals surface area contributed by atoms with Gasteiger partial charge in [-0.05, 0) is 18.2 Å². The first-order chi connectivity index (χ1) is 7.08. The zero-order chi connectivity index (χ0) is 11.0. The van der Waals surface area contributed by atoms with Gasteiger partial charge in [-0.1, -0.05) is 23.2 Å². The van der Waals surface area contributed by atoms with E-state index >= 15 is 0 Å². The minimum Gasteiger partial charge on any atom is -0.492 e. The topological polar surface area (TPSA) is 64.1 Å². The average Bonchev–Trinajstić information content (AvgIpc) is 2.50. The Morgan fingerprint density at radius 2 is 2.00 bits per heavy atom. The number of aromatic hydroxyl groups is 1. The van der Waals surface area contributed by atoms with Gasteiger partial charge in [-0.2, -0.15) is 4.98 Å². The van der Waals surface area contributed by atoms with Crippen molar-refractivity contribution in [3.63, 3.8) is 0 Å². The lowest BCUT2D eigenvalue weighted by Gasteiger charge is -2.04. The molecule has 4 nitrogen and oxygen atoms in total. The number of nitrogens with two attached hydrogens (primary N) is 1. The van der Waals surface area contributed by atoms with Gasteiger partial charge in [-0.3, -0.25) is 4.57 Å². The first-order valence-corrected chi connectivity index (χ1v) is 4.83. The van der Waals surface area contributed by atoms with Crippen molar-refractivity contribution in [2.24, 2.45) is 0 Å². The summed E-state index contributed by atoms with van der Waals surface area (Å²) in [7, 11) is 0. The lowest BCUT2D eigenvalue weighted by molar-refractivity contribution is 0.456. The van der Waals surface area contributed by atoms with Gasteiger partial charge in [0.2, 0.25) is 11.8 Å². The Hall–Kier alpha value is -1.39. The number of benzene rings is 1. The van der Waals surface area contributed by atoms with Gasteiger partial charge in [-0.25, -0.2) is 0 Å². The molecule has 1 heterocycles. The van der Waals surface area contributed by atoms with E-state index in [0.717, 1.165) is 0 Å². The molecule has 0 radical (unpaired) electrons. The number of rotatable bonds is 1. The Balaban J connectivity index is 2.54. The molecule has 1 aromatic carbocycles. The van der Waals surface area contributed by atoms with Crippen LogP contribution in [0.5, 0.6) is 5.88 Å². The van der Waals surface area contributed by atoms with Gasteiger partial charge in [-0.15, -0.1) is 0 Å². The number of imidazole rings is 1. The number of aromatic nitrogens is 2. The average molecular weight is 244 g/mol. The first-order valence-electron chi connectivity index (χ1n) is 4.07. The number of nitrogens with zero attached hydrogens (tertiary/aromatic N) is 2. The van der Waals surface area contributed by atoms with Crippen molar-refractivity contribution in [3.05, 3.63) is 34.4 Å². The van der Waals surface area contributed by atoms with Crippen LogP contribution in [0.2, 0.25) is 10.0 Å². The summed E-state index contributed by atoms with van der Waals surface area (Å²) in [6.45, 7) is 0. The van der Waals surface area contributed by atoms with Crippen LogP contribution in [-0.4, -0.2) is 14.7 Å². The van der Waals surface area contributed by atoms with Gasteiger partial charge in [0.25, 0.3) is 0 Å². The van der Waals surface area contributed by atoms with E-state index < -0.39 is 0 Å². The molecule has 0 fully saturated rings. The number of anilines is 1. The highest BCUT2D eigenvalue weighted by atomic mass is 35.5. The van der Waals surface area contributed by atoms with Crippen molar-refractivity contribution in [2.45, 2.75) is 0 Å². The smallest absolute Gasteiger partial charge is 0.231 e. The molecular weight excluding hydrogens is 237 g/mol. The molecule has 0 aliphatic heterocycles. The van der Waals surface area contributed by atoms with Crippen LogP contribution in [0.15, 0.2) is 24.4 Å². The second-order valence-corrected chi connectivity index (χ2v) is 3.74. The van der Waals surface area contributed by atoms with Gasteiger partial charge in [0, 0.05) is 0 Å². The van der Waals surface area contributed by atoms with E-state index in [1.807, 2.05) is 0 Å². The molecule has 0 saturated carbocycles. The van der Waals surface area contributed by atoms with E-state index in [1.54, 1.807) is 18.2 Å². The van der Waals surface area contributed by atoms with Crippen LogP contribution in [0.1, 0.15) is 0 Å². The summed E-state index contributed by atoms with van der Waals surface area (Å²) in [6.07, 6.45) is 1.40. The summed E-state index contributed by atoms with van der Waals surface area (Å²) >= 11 is 11.6. The fourth-order valence-corrected chi connectivity index (χ4v) is 1.52. The molecule has 2 rings (SSSR count). The fraction of sp³-hybridized carbons (Fsp3) is 0. The molecule has 0 spiro atoms. The zero-order valence-corrected chi connectivity index (χ0v) is 9.00. The summed E-state index contributed by atoms with van der Waals surface area (Å²) in [5.41, 5.74) is 6.27. The Labute approximate surface area is 95.9 Å². The fourth-order valence-electron chi connectivity index (χ4n) is 1.22. The summed E-state index contributed by atoms with van der Waals surface area (Å²) in [5, 5.41) is 10.0. The normalized spacial score (nSPS) is 10.5. The second kappa shape index (κ2) is 3.64. The first kappa shape index (κ1) is 10.1. The van der Waals surface area contributed by atoms with Crippen LogP contribution in [0.25, 0.3) is 5.69 Å². The predicted octanol–water partition coefficient (Wildman–Crippen LogP) is 2.47. The van der Waals surface area contributed by atoms with E-state index in [2.05, 4.69) is 4.98 Å². The van der Waals surface area contributed by atoms with Crippen molar-refractivity contribution in [2.75, 3.05) is 5.73 Å². The molecule has 0 bridgehead atoms. The minimum absolute atomic E-state index is 0.140. The minimum atomic E-state index is -0.140. The van der Waals surface area contributed by atoms with Crippen LogP contribution in [0.3, 0.4) is 0 Å². The van der Waals surface area contributed by atoms with Crippen molar-refractivity contribution >= 4 is 29.2 Å². The van der Waals surface area contributed by atoms with E-state index in [4.69, 9.17) is 34.0 Å². The van der Waals surface area contributed by atoms with Gasteiger partial charge in [0.15, 0.2) is 0 Å². The Bertz CT molecular complexity index is 510. The van der Waals surface area contributed by atoms with Crippen LogP contribution in [-0.2, 0) is 0 Å². The molecule has 0 amide bonds. The molecule has 0 aliphatic rings.